The number of amides is 1. The number of benzene rings is 1. The number of nitrogens with zero attached hydrogens (tertiary/aromatic N) is 2. The average Bonchev–Trinajstić information content (AvgIpc) is 3.02. The van der Waals surface area contributed by atoms with Crippen molar-refractivity contribution in [1.29, 1.82) is 0 Å². The van der Waals surface area contributed by atoms with E-state index in [2.05, 4.69) is 31.4 Å². The van der Waals surface area contributed by atoms with Gasteiger partial charge in [-0.05, 0) is 53.8 Å². The largest absolute Gasteiger partial charge is 0.495 e. The van der Waals surface area contributed by atoms with Crippen LogP contribution in [0.25, 0.3) is 10.9 Å². The molecule has 1 aliphatic rings. The van der Waals surface area contributed by atoms with E-state index in [9.17, 15) is 9.59 Å². The molecule has 0 radical (unpaired) electrons. The van der Waals surface area contributed by atoms with E-state index in [1.54, 1.807) is 13.2 Å². The zero-order valence-corrected chi connectivity index (χ0v) is 16.0. The smallest absolute Gasteiger partial charge is 0.317 e. The molecule has 8 nitrogen and oxygen atoms in total. The highest BCUT2D eigenvalue weighted by molar-refractivity contribution is 9.10. The summed E-state index contributed by atoms with van der Waals surface area (Å²) in [4.78, 5) is 25.2. The van der Waals surface area contributed by atoms with Crippen molar-refractivity contribution in [3.8, 4) is 5.75 Å². The van der Waals surface area contributed by atoms with Crippen LogP contribution in [-0.2, 0) is 4.79 Å². The third kappa shape index (κ3) is 4.16. The van der Waals surface area contributed by atoms with Gasteiger partial charge in [0.25, 0.3) is 5.91 Å². The predicted octanol–water partition coefficient (Wildman–Crippen LogP) is 1.86. The number of nitrogens with one attached hydrogen (secondary N) is 2. The van der Waals surface area contributed by atoms with Gasteiger partial charge in [-0.3, -0.25) is 19.6 Å². The molecule has 9 heteroatoms. The number of aromatic nitrogens is 2. The highest BCUT2D eigenvalue weighted by Crippen LogP contribution is 2.30. The van der Waals surface area contributed by atoms with Gasteiger partial charge < -0.3 is 15.2 Å². The number of hydrogen-bond donors (Lipinski definition) is 3. The number of ether oxygens (including phenoxy) is 1. The fourth-order valence-corrected chi connectivity index (χ4v) is 3.71. The van der Waals surface area contributed by atoms with Gasteiger partial charge in [-0.25, -0.2) is 0 Å². The number of halogens is 1. The predicted molar refractivity (Wildman–Crippen MR) is 99.5 cm³/mol. The van der Waals surface area contributed by atoms with Crippen LogP contribution in [0.2, 0.25) is 0 Å². The number of rotatable bonds is 6. The first-order valence-electron chi connectivity index (χ1n) is 8.42. The van der Waals surface area contributed by atoms with Crippen LogP contribution >= 0.6 is 15.9 Å². The average molecular weight is 425 g/mol. The fourth-order valence-electron chi connectivity index (χ4n) is 3.21. The highest BCUT2D eigenvalue weighted by Gasteiger charge is 2.22. The SMILES string of the molecule is COc1cc2[nH]nc(C(=O)NCC3CCN(CC(=O)O)CC3)c2cc1Br. The van der Waals surface area contributed by atoms with Crippen LogP contribution in [0.15, 0.2) is 16.6 Å². The molecule has 0 saturated carbocycles. The quantitative estimate of drug-likeness (QED) is 0.652. The maximum atomic E-state index is 12.5. The van der Waals surface area contributed by atoms with Crippen molar-refractivity contribution >= 4 is 38.7 Å². The summed E-state index contributed by atoms with van der Waals surface area (Å²) in [5, 5.41) is 19.5. The molecule has 1 aromatic carbocycles. The lowest BCUT2D eigenvalue weighted by Gasteiger charge is -2.30. The molecule has 3 N–H and O–H groups in total. The van der Waals surface area contributed by atoms with E-state index in [0.717, 1.165) is 41.3 Å². The number of fused-ring (bicyclic) bond motifs is 1. The number of likely N-dealkylation sites (tertiary alicyclic amines) is 1. The van der Waals surface area contributed by atoms with Crippen molar-refractivity contribution in [2.24, 2.45) is 5.92 Å². The van der Waals surface area contributed by atoms with Crippen molar-refractivity contribution in [2.75, 3.05) is 33.3 Å². The minimum atomic E-state index is -0.801. The molecule has 0 aliphatic carbocycles. The number of methoxy groups -OCH3 is 1. The van der Waals surface area contributed by atoms with E-state index < -0.39 is 5.97 Å². The van der Waals surface area contributed by atoms with Crippen molar-refractivity contribution in [3.63, 3.8) is 0 Å². The molecule has 1 saturated heterocycles. The topological polar surface area (TPSA) is 108 Å². The summed E-state index contributed by atoms with van der Waals surface area (Å²) in [5.41, 5.74) is 1.09. The Hall–Kier alpha value is -2.13. The van der Waals surface area contributed by atoms with Crippen molar-refractivity contribution in [2.45, 2.75) is 12.8 Å². The van der Waals surface area contributed by atoms with Gasteiger partial charge >= 0.3 is 5.97 Å². The number of aliphatic carboxylic acids is 1. The summed E-state index contributed by atoms with van der Waals surface area (Å²) in [6, 6.07) is 3.61. The summed E-state index contributed by atoms with van der Waals surface area (Å²) in [7, 11) is 1.58. The first-order chi connectivity index (χ1) is 12.5. The molecule has 1 amide bonds. The number of H-pyrrole nitrogens is 1. The number of carbonyl (C=O) groups excluding carboxylic acids is 1. The molecule has 2 heterocycles. The second-order valence-corrected chi connectivity index (χ2v) is 7.28. The Morgan fingerprint density at radius 3 is 2.81 bits per heavy atom. The lowest BCUT2D eigenvalue weighted by Crippen LogP contribution is -2.40. The molecule has 1 fully saturated rings. The second kappa shape index (κ2) is 8.05. The minimum absolute atomic E-state index is 0.0800. The van der Waals surface area contributed by atoms with Crippen LogP contribution < -0.4 is 10.1 Å². The molecular weight excluding hydrogens is 404 g/mol. The first-order valence-corrected chi connectivity index (χ1v) is 9.21. The maximum Gasteiger partial charge on any atom is 0.317 e. The number of carboxylic acid groups (broad SMARTS) is 1. The van der Waals surface area contributed by atoms with Crippen molar-refractivity contribution in [3.05, 3.63) is 22.3 Å². The minimum Gasteiger partial charge on any atom is -0.495 e. The fraction of sp³-hybridized carbons (Fsp3) is 0.471. The molecule has 2 aromatic rings. The van der Waals surface area contributed by atoms with Crippen molar-refractivity contribution < 1.29 is 19.4 Å². The van der Waals surface area contributed by atoms with E-state index >= 15 is 0 Å². The van der Waals surface area contributed by atoms with Gasteiger partial charge in [0.05, 0.1) is 23.6 Å². The molecule has 0 unspecified atom stereocenters. The van der Waals surface area contributed by atoms with Gasteiger partial charge in [0.2, 0.25) is 0 Å². The summed E-state index contributed by atoms with van der Waals surface area (Å²) in [6.45, 7) is 2.12. The van der Waals surface area contributed by atoms with E-state index in [1.165, 1.54) is 0 Å². The highest BCUT2D eigenvalue weighted by atomic mass is 79.9. The van der Waals surface area contributed by atoms with Gasteiger partial charge in [0, 0.05) is 18.0 Å². The number of carboxylic acids is 1. The van der Waals surface area contributed by atoms with Gasteiger partial charge in [0.1, 0.15) is 5.75 Å². The third-order valence-electron chi connectivity index (χ3n) is 4.67. The molecule has 26 heavy (non-hydrogen) atoms. The molecule has 0 atom stereocenters. The molecule has 0 bridgehead atoms. The van der Waals surface area contributed by atoms with E-state index in [4.69, 9.17) is 9.84 Å². The summed E-state index contributed by atoms with van der Waals surface area (Å²) in [5.74, 6) is -0.00602. The zero-order chi connectivity index (χ0) is 18.7. The number of carbonyl (C=O) groups is 2. The maximum absolute atomic E-state index is 12.5. The van der Waals surface area contributed by atoms with E-state index in [-0.39, 0.29) is 12.5 Å². The summed E-state index contributed by atoms with van der Waals surface area (Å²) >= 11 is 3.42. The van der Waals surface area contributed by atoms with Crippen molar-refractivity contribution in [1.82, 2.24) is 20.4 Å². The Morgan fingerprint density at radius 1 is 1.42 bits per heavy atom. The molecule has 1 aliphatic heterocycles. The molecule has 140 valence electrons. The number of piperidine rings is 1. The number of aromatic amines is 1. The zero-order valence-electron chi connectivity index (χ0n) is 14.4. The van der Waals surface area contributed by atoms with Gasteiger partial charge in [-0.1, -0.05) is 0 Å². The van der Waals surface area contributed by atoms with Crippen LogP contribution in [0, 0.1) is 5.92 Å². The molecule has 1 aromatic heterocycles. The lowest BCUT2D eigenvalue weighted by atomic mass is 9.96. The normalized spacial score (nSPS) is 15.9. The van der Waals surface area contributed by atoms with Gasteiger partial charge in [-0.2, -0.15) is 5.10 Å². The van der Waals surface area contributed by atoms with E-state index in [1.807, 2.05) is 11.0 Å². The van der Waals surface area contributed by atoms with Crippen LogP contribution in [0.3, 0.4) is 0 Å². The Morgan fingerprint density at radius 2 is 2.15 bits per heavy atom. The van der Waals surface area contributed by atoms with Gasteiger partial charge in [-0.15, -0.1) is 0 Å². The first kappa shape index (κ1) is 18.7. The third-order valence-corrected chi connectivity index (χ3v) is 5.29. The lowest BCUT2D eigenvalue weighted by molar-refractivity contribution is -0.138. The Bertz CT molecular complexity index is 814. The Balaban J connectivity index is 1.58. The van der Waals surface area contributed by atoms with Crippen LogP contribution in [0.1, 0.15) is 23.3 Å². The standard InChI is InChI=1S/C17H21BrN4O4/c1-26-14-7-13-11(6-12(14)18)16(21-20-13)17(25)19-8-10-2-4-22(5-3-10)9-15(23)24/h6-7,10H,2-5,8-9H2,1H3,(H,19,25)(H,20,21)(H,23,24). The summed E-state index contributed by atoms with van der Waals surface area (Å²) in [6.07, 6.45) is 1.75. The summed E-state index contributed by atoms with van der Waals surface area (Å²) < 4.78 is 6.00. The second-order valence-electron chi connectivity index (χ2n) is 6.43. The monoisotopic (exact) mass is 424 g/mol. The Kier molecular flexibility index (Phi) is 5.77. The van der Waals surface area contributed by atoms with Crippen LogP contribution in [-0.4, -0.2) is 65.4 Å². The van der Waals surface area contributed by atoms with Gasteiger partial charge in [0.15, 0.2) is 5.69 Å². The van der Waals surface area contributed by atoms with E-state index in [0.29, 0.717) is 23.9 Å². The number of hydrogen-bond acceptors (Lipinski definition) is 5. The molecule has 3 rings (SSSR count). The molecular formula is C17H21BrN4O4. The van der Waals surface area contributed by atoms with Crippen LogP contribution in [0.4, 0.5) is 0 Å². The van der Waals surface area contributed by atoms with Crippen LogP contribution in [0.5, 0.6) is 5.75 Å². The molecule has 0 spiro atoms. The Labute approximate surface area is 159 Å².